The highest BCUT2D eigenvalue weighted by molar-refractivity contribution is 9.10. The van der Waals surface area contributed by atoms with Crippen molar-refractivity contribution in [3.8, 4) is 0 Å². The summed E-state index contributed by atoms with van der Waals surface area (Å²) in [6.07, 6.45) is 5.31. The van der Waals surface area contributed by atoms with Gasteiger partial charge in [-0.15, -0.1) is 0 Å². The molecule has 1 unspecified atom stereocenters. The van der Waals surface area contributed by atoms with Crippen LogP contribution in [0.3, 0.4) is 0 Å². The molecule has 2 rings (SSSR count). The summed E-state index contributed by atoms with van der Waals surface area (Å²) in [6.45, 7) is 3.01. The van der Waals surface area contributed by atoms with Gasteiger partial charge in [-0.05, 0) is 64.6 Å². The second-order valence-electron chi connectivity index (χ2n) is 4.90. The number of benzene rings is 1. The Bertz CT molecular complexity index is 607. The van der Waals surface area contributed by atoms with Crippen LogP contribution in [0.1, 0.15) is 30.5 Å². The molecule has 5 heteroatoms. The zero-order chi connectivity index (χ0) is 15.2. The predicted octanol–water partition coefficient (Wildman–Crippen LogP) is 4.92. The van der Waals surface area contributed by atoms with Crippen LogP contribution in [0.5, 0.6) is 0 Å². The van der Waals surface area contributed by atoms with Crippen molar-refractivity contribution in [3.05, 3.63) is 63.1 Å². The van der Waals surface area contributed by atoms with Gasteiger partial charge in [0.25, 0.3) is 0 Å². The number of hydrogen-bond donors (Lipinski definition) is 1. The molecule has 0 saturated carbocycles. The van der Waals surface area contributed by atoms with Crippen molar-refractivity contribution in [3.63, 3.8) is 0 Å². The Morgan fingerprint density at radius 1 is 1.33 bits per heavy atom. The molecule has 0 radical (unpaired) electrons. The van der Waals surface area contributed by atoms with Crippen LogP contribution in [0.25, 0.3) is 0 Å². The van der Waals surface area contributed by atoms with Crippen LogP contribution in [0.2, 0.25) is 5.02 Å². The monoisotopic (exact) mass is 370 g/mol. The average Bonchev–Trinajstić information content (AvgIpc) is 2.47. The van der Waals surface area contributed by atoms with Crippen molar-refractivity contribution in [1.82, 2.24) is 10.3 Å². The summed E-state index contributed by atoms with van der Waals surface area (Å²) in [5, 5.41) is 3.63. The van der Waals surface area contributed by atoms with E-state index in [1.54, 1.807) is 12.3 Å². The van der Waals surface area contributed by atoms with E-state index in [4.69, 9.17) is 11.6 Å². The van der Waals surface area contributed by atoms with E-state index in [1.165, 1.54) is 6.07 Å². The van der Waals surface area contributed by atoms with Crippen molar-refractivity contribution in [2.45, 2.75) is 25.8 Å². The minimum Gasteiger partial charge on any atom is -0.310 e. The highest BCUT2D eigenvalue weighted by atomic mass is 79.9. The first kappa shape index (κ1) is 16.4. The van der Waals surface area contributed by atoms with Crippen LogP contribution in [0.4, 0.5) is 4.39 Å². The van der Waals surface area contributed by atoms with Gasteiger partial charge >= 0.3 is 0 Å². The molecule has 1 atom stereocenters. The molecule has 21 heavy (non-hydrogen) atoms. The van der Waals surface area contributed by atoms with Gasteiger partial charge in [0.15, 0.2) is 0 Å². The summed E-state index contributed by atoms with van der Waals surface area (Å²) in [6, 6.07) is 7.08. The summed E-state index contributed by atoms with van der Waals surface area (Å²) < 4.78 is 14.5. The molecule has 0 spiro atoms. The molecule has 1 aromatic heterocycles. The minimum absolute atomic E-state index is 0.0931. The van der Waals surface area contributed by atoms with Crippen LogP contribution >= 0.6 is 27.5 Å². The third-order valence-corrected chi connectivity index (χ3v) is 3.93. The summed E-state index contributed by atoms with van der Waals surface area (Å²) in [5.41, 5.74) is 1.98. The minimum atomic E-state index is -0.379. The van der Waals surface area contributed by atoms with Gasteiger partial charge in [0, 0.05) is 22.9 Å². The summed E-state index contributed by atoms with van der Waals surface area (Å²) >= 11 is 9.17. The van der Waals surface area contributed by atoms with Crippen LogP contribution < -0.4 is 5.32 Å². The quantitative estimate of drug-likeness (QED) is 0.779. The summed E-state index contributed by atoms with van der Waals surface area (Å²) in [7, 11) is 0. The Morgan fingerprint density at radius 3 is 2.81 bits per heavy atom. The second-order valence-corrected chi connectivity index (χ2v) is 6.22. The molecule has 1 heterocycles. The standard InChI is InChI=1S/C16H17BrClFN2/c1-2-5-21-16(12-8-13(17)10-20-9-12)7-11-3-4-14(18)15(19)6-11/h3-4,6,8-10,16,21H,2,5,7H2,1H3. The molecule has 1 aromatic carbocycles. The van der Waals surface area contributed by atoms with E-state index in [9.17, 15) is 4.39 Å². The van der Waals surface area contributed by atoms with Crippen molar-refractivity contribution in [2.75, 3.05) is 6.54 Å². The molecule has 0 amide bonds. The van der Waals surface area contributed by atoms with Gasteiger partial charge in [0.2, 0.25) is 0 Å². The fraction of sp³-hybridized carbons (Fsp3) is 0.312. The van der Waals surface area contributed by atoms with Crippen LogP contribution in [-0.2, 0) is 6.42 Å². The number of aromatic nitrogens is 1. The molecule has 0 aliphatic carbocycles. The van der Waals surface area contributed by atoms with E-state index in [0.717, 1.165) is 28.6 Å². The van der Waals surface area contributed by atoms with E-state index in [1.807, 2.05) is 18.3 Å². The number of nitrogens with one attached hydrogen (secondary N) is 1. The molecule has 0 fully saturated rings. The normalized spacial score (nSPS) is 12.4. The third-order valence-electron chi connectivity index (χ3n) is 3.19. The first-order valence-corrected chi connectivity index (χ1v) is 8.05. The molecule has 0 aliphatic heterocycles. The highest BCUT2D eigenvalue weighted by Gasteiger charge is 2.13. The van der Waals surface area contributed by atoms with E-state index >= 15 is 0 Å². The van der Waals surface area contributed by atoms with Gasteiger partial charge < -0.3 is 5.32 Å². The summed E-state index contributed by atoms with van der Waals surface area (Å²) in [5.74, 6) is -0.379. The molecular formula is C16H17BrClFN2. The second kappa shape index (κ2) is 7.87. The Balaban J connectivity index is 2.21. The topological polar surface area (TPSA) is 24.9 Å². The molecule has 2 nitrogen and oxygen atoms in total. The van der Waals surface area contributed by atoms with Gasteiger partial charge in [0.1, 0.15) is 5.82 Å². The number of pyridine rings is 1. The van der Waals surface area contributed by atoms with Gasteiger partial charge in [-0.2, -0.15) is 0 Å². The Kier molecular flexibility index (Phi) is 6.15. The van der Waals surface area contributed by atoms with Crippen LogP contribution in [0, 0.1) is 5.82 Å². The lowest BCUT2D eigenvalue weighted by Gasteiger charge is -2.19. The fourth-order valence-corrected chi connectivity index (χ4v) is 2.65. The van der Waals surface area contributed by atoms with Crippen LogP contribution in [0.15, 0.2) is 41.1 Å². The fourth-order valence-electron chi connectivity index (χ4n) is 2.15. The predicted molar refractivity (Wildman–Crippen MR) is 88.1 cm³/mol. The van der Waals surface area contributed by atoms with Crippen LogP contribution in [-0.4, -0.2) is 11.5 Å². The number of rotatable bonds is 6. The van der Waals surface area contributed by atoms with E-state index in [-0.39, 0.29) is 16.9 Å². The maximum Gasteiger partial charge on any atom is 0.142 e. The van der Waals surface area contributed by atoms with Crippen molar-refractivity contribution in [2.24, 2.45) is 0 Å². The SMILES string of the molecule is CCCNC(Cc1ccc(Cl)c(F)c1)c1cncc(Br)c1. The molecule has 0 bridgehead atoms. The van der Waals surface area contributed by atoms with E-state index < -0.39 is 0 Å². The largest absolute Gasteiger partial charge is 0.310 e. The lowest BCUT2D eigenvalue weighted by Crippen LogP contribution is -2.24. The Hall–Kier alpha value is -0.970. The molecule has 1 N–H and O–H groups in total. The van der Waals surface area contributed by atoms with Gasteiger partial charge in [-0.25, -0.2) is 4.39 Å². The van der Waals surface area contributed by atoms with Crippen molar-refractivity contribution >= 4 is 27.5 Å². The van der Waals surface area contributed by atoms with E-state index in [2.05, 4.69) is 33.2 Å². The average molecular weight is 372 g/mol. The third kappa shape index (κ3) is 4.77. The van der Waals surface area contributed by atoms with E-state index in [0.29, 0.717) is 6.42 Å². The molecular weight excluding hydrogens is 355 g/mol. The zero-order valence-corrected chi connectivity index (χ0v) is 14.1. The lowest BCUT2D eigenvalue weighted by atomic mass is 10.00. The number of halogens is 3. The Morgan fingerprint density at radius 2 is 2.14 bits per heavy atom. The molecule has 0 saturated heterocycles. The molecule has 0 aliphatic rings. The van der Waals surface area contributed by atoms with Gasteiger partial charge in [-0.1, -0.05) is 24.6 Å². The van der Waals surface area contributed by atoms with Crippen molar-refractivity contribution < 1.29 is 4.39 Å². The maximum atomic E-state index is 13.6. The van der Waals surface area contributed by atoms with Gasteiger partial charge in [-0.3, -0.25) is 4.98 Å². The Labute approximate surface area is 137 Å². The lowest BCUT2D eigenvalue weighted by molar-refractivity contribution is 0.525. The first-order valence-electron chi connectivity index (χ1n) is 6.88. The molecule has 2 aromatic rings. The maximum absolute atomic E-state index is 13.6. The smallest absolute Gasteiger partial charge is 0.142 e. The zero-order valence-electron chi connectivity index (χ0n) is 11.7. The molecule has 112 valence electrons. The van der Waals surface area contributed by atoms with Crippen molar-refractivity contribution in [1.29, 1.82) is 0 Å². The highest BCUT2D eigenvalue weighted by Crippen LogP contribution is 2.23. The van der Waals surface area contributed by atoms with Gasteiger partial charge in [0.05, 0.1) is 5.02 Å². The first-order chi connectivity index (χ1) is 10.1. The number of nitrogens with zero attached hydrogens (tertiary/aromatic N) is 1. The summed E-state index contributed by atoms with van der Waals surface area (Å²) in [4.78, 5) is 4.20. The number of hydrogen-bond acceptors (Lipinski definition) is 2.